The third-order valence-electron chi connectivity index (χ3n) is 4.79. The van der Waals surface area contributed by atoms with Crippen LogP contribution in [0.4, 0.5) is 11.5 Å². The van der Waals surface area contributed by atoms with E-state index in [1.165, 1.54) is 5.56 Å². The van der Waals surface area contributed by atoms with Crippen molar-refractivity contribution in [1.82, 2.24) is 20.7 Å². The summed E-state index contributed by atoms with van der Waals surface area (Å²) in [4.78, 5) is 12.8. The first-order chi connectivity index (χ1) is 13.9. The molecule has 0 aliphatic carbocycles. The lowest BCUT2D eigenvalue weighted by atomic mass is 10.1. The maximum atomic E-state index is 12.8. The summed E-state index contributed by atoms with van der Waals surface area (Å²) in [5.41, 5.74) is 4.24. The van der Waals surface area contributed by atoms with E-state index in [9.17, 15) is 4.79 Å². The van der Waals surface area contributed by atoms with Crippen molar-refractivity contribution in [3.8, 4) is 11.5 Å². The highest BCUT2D eigenvalue weighted by molar-refractivity contribution is 5.97. The molecule has 0 radical (unpaired) electrons. The van der Waals surface area contributed by atoms with Gasteiger partial charge in [0.25, 0.3) is 5.91 Å². The van der Waals surface area contributed by atoms with Gasteiger partial charge in [0.15, 0.2) is 23.0 Å². The van der Waals surface area contributed by atoms with Crippen LogP contribution in [0.3, 0.4) is 0 Å². The van der Waals surface area contributed by atoms with Gasteiger partial charge in [-0.15, -0.1) is 10.2 Å². The molecule has 0 fully saturated rings. The van der Waals surface area contributed by atoms with Crippen molar-refractivity contribution in [1.29, 1.82) is 0 Å². The summed E-state index contributed by atoms with van der Waals surface area (Å²) in [5, 5.41) is 16.7. The fourth-order valence-corrected chi connectivity index (χ4v) is 2.90. The van der Waals surface area contributed by atoms with Crippen molar-refractivity contribution >= 4 is 17.4 Å². The van der Waals surface area contributed by atoms with Crippen LogP contribution in [-0.2, 0) is 0 Å². The number of aryl methyl sites for hydroxylation is 2. The van der Waals surface area contributed by atoms with Crippen LogP contribution in [0.15, 0.2) is 36.4 Å². The first kappa shape index (κ1) is 20.2. The van der Waals surface area contributed by atoms with Crippen molar-refractivity contribution < 1.29 is 14.3 Å². The molecule has 29 heavy (non-hydrogen) atoms. The molecule has 1 aromatic heterocycles. The standard InChI is InChI=1S/C21H25N5O3/c1-12-6-8-16(10-13(12)2)23-20-19(24-26-25-20)21(27)22-14(3)15-7-9-17(28-4)18(11-15)29-5/h6-11,14H,1-5H3,(H,22,27)(H2,23,24,25,26). The third-order valence-corrected chi connectivity index (χ3v) is 4.79. The van der Waals surface area contributed by atoms with E-state index in [1.54, 1.807) is 20.3 Å². The monoisotopic (exact) mass is 395 g/mol. The van der Waals surface area contributed by atoms with E-state index in [4.69, 9.17) is 9.47 Å². The van der Waals surface area contributed by atoms with Crippen LogP contribution in [0.1, 0.15) is 40.1 Å². The van der Waals surface area contributed by atoms with Gasteiger partial charge in [-0.1, -0.05) is 12.1 Å². The number of aromatic amines is 1. The summed E-state index contributed by atoms with van der Waals surface area (Å²) in [6, 6.07) is 11.2. The van der Waals surface area contributed by atoms with Crippen LogP contribution in [-0.4, -0.2) is 35.5 Å². The van der Waals surface area contributed by atoms with Gasteiger partial charge in [0, 0.05) is 5.69 Å². The predicted octanol–water partition coefficient (Wildman–Crippen LogP) is 3.67. The maximum absolute atomic E-state index is 12.8. The number of amides is 1. The lowest BCUT2D eigenvalue weighted by molar-refractivity contribution is 0.0935. The minimum Gasteiger partial charge on any atom is -0.493 e. The molecule has 0 spiro atoms. The van der Waals surface area contributed by atoms with E-state index in [2.05, 4.69) is 26.0 Å². The quantitative estimate of drug-likeness (QED) is 0.564. The highest BCUT2D eigenvalue weighted by atomic mass is 16.5. The zero-order valence-corrected chi connectivity index (χ0v) is 17.2. The number of H-pyrrole nitrogens is 1. The fraction of sp³-hybridized carbons (Fsp3) is 0.286. The Labute approximate surface area is 169 Å². The number of ether oxygens (including phenoxy) is 2. The van der Waals surface area contributed by atoms with Gasteiger partial charge in [0.2, 0.25) is 0 Å². The smallest absolute Gasteiger partial charge is 0.276 e. The third kappa shape index (κ3) is 4.48. The van der Waals surface area contributed by atoms with E-state index < -0.39 is 0 Å². The molecule has 1 unspecified atom stereocenters. The fourth-order valence-electron chi connectivity index (χ4n) is 2.90. The molecular formula is C21H25N5O3. The molecular weight excluding hydrogens is 370 g/mol. The molecule has 2 aromatic carbocycles. The van der Waals surface area contributed by atoms with Crippen molar-refractivity contribution in [3.05, 3.63) is 58.8 Å². The van der Waals surface area contributed by atoms with Gasteiger partial charge in [-0.2, -0.15) is 5.21 Å². The summed E-state index contributed by atoms with van der Waals surface area (Å²) in [7, 11) is 3.16. The number of rotatable bonds is 7. The molecule has 0 saturated carbocycles. The molecule has 3 N–H and O–H groups in total. The van der Waals surface area contributed by atoms with Crippen molar-refractivity contribution in [2.45, 2.75) is 26.8 Å². The highest BCUT2D eigenvalue weighted by Crippen LogP contribution is 2.30. The van der Waals surface area contributed by atoms with Gasteiger partial charge >= 0.3 is 0 Å². The van der Waals surface area contributed by atoms with Crippen LogP contribution in [0.25, 0.3) is 0 Å². The zero-order valence-electron chi connectivity index (χ0n) is 17.2. The van der Waals surface area contributed by atoms with E-state index in [0.717, 1.165) is 16.8 Å². The lowest BCUT2D eigenvalue weighted by Gasteiger charge is -2.16. The Morgan fingerprint density at radius 2 is 1.76 bits per heavy atom. The lowest BCUT2D eigenvalue weighted by Crippen LogP contribution is -2.27. The molecule has 8 heteroatoms. The second-order valence-corrected chi connectivity index (χ2v) is 6.75. The molecule has 1 heterocycles. The first-order valence-corrected chi connectivity index (χ1v) is 9.20. The predicted molar refractivity (Wildman–Crippen MR) is 111 cm³/mol. The van der Waals surface area contributed by atoms with Gasteiger partial charge in [-0.25, -0.2) is 0 Å². The molecule has 152 valence electrons. The van der Waals surface area contributed by atoms with E-state index in [1.807, 2.05) is 51.1 Å². The average Bonchev–Trinajstić information content (AvgIpc) is 3.18. The Bertz CT molecular complexity index is 1020. The molecule has 0 aliphatic rings. The molecule has 3 aromatic rings. The Kier molecular flexibility index (Phi) is 6.01. The normalized spacial score (nSPS) is 11.6. The number of carbonyl (C=O) groups excluding carboxylic acids is 1. The number of hydrogen-bond acceptors (Lipinski definition) is 6. The molecule has 1 atom stereocenters. The molecule has 0 bridgehead atoms. The van der Waals surface area contributed by atoms with E-state index in [0.29, 0.717) is 17.3 Å². The second-order valence-electron chi connectivity index (χ2n) is 6.75. The first-order valence-electron chi connectivity index (χ1n) is 9.20. The van der Waals surface area contributed by atoms with Gasteiger partial charge in [-0.3, -0.25) is 4.79 Å². The van der Waals surface area contributed by atoms with Crippen LogP contribution >= 0.6 is 0 Å². The highest BCUT2D eigenvalue weighted by Gasteiger charge is 2.20. The summed E-state index contributed by atoms with van der Waals surface area (Å²) in [6.07, 6.45) is 0. The van der Waals surface area contributed by atoms with Crippen LogP contribution < -0.4 is 20.1 Å². The van der Waals surface area contributed by atoms with Crippen LogP contribution in [0.5, 0.6) is 11.5 Å². The minimum atomic E-state index is -0.340. The van der Waals surface area contributed by atoms with Crippen LogP contribution in [0, 0.1) is 13.8 Å². The number of nitrogens with one attached hydrogen (secondary N) is 3. The largest absolute Gasteiger partial charge is 0.493 e. The number of nitrogens with zero attached hydrogens (tertiary/aromatic N) is 2. The summed E-state index contributed by atoms with van der Waals surface area (Å²) < 4.78 is 10.6. The summed E-state index contributed by atoms with van der Waals surface area (Å²) >= 11 is 0. The Balaban J connectivity index is 1.74. The number of aromatic nitrogens is 3. The van der Waals surface area contributed by atoms with Crippen molar-refractivity contribution in [2.75, 3.05) is 19.5 Å². The minimum absolute atomic E-state index is 0.190. The number of anilines is 2. The molecule has 0 aliphatic heterocycles. The molecule has 1 amide bonds. The molecule has 0 saturated heterocycles. The number of benzene rings is 2. The zero-order chi connectivity index (χ0) is 21.0. The Morgan fingerprint density at radius 1 is 1.00 bits per heavy atom. The van der Waals surface area contributed by atoms with Gasteiger partial charge in [-0.05, 0) is 61.7 Å². The van der Waals surface area contributed by atoms with Gasteiger partial charge in [0.05, 0.1) is 20.3 Å². The Hall–Kier alpha value is -3.55. The topological polar surface area (TPSA) is 101 Å². The van der Waals surface area contributed by atoms with Crippen LogP contribution in [0.2, 0.25) is 0 Å². The average molecular weight is 395 g/mol. The SMILES string of the molecule is COc1ccc(C(C)NC(=O)c2n[nH]nc2Nc2ccc(C)c(C)c2)cc1OC. The summed E-state index contributed by atoms with van der Waals surface area (Å²) in [5.74, 6) is 1.26. The number of carbonyl (C=O) groups is 1. The van der Waals surface area contributed by atoms with Gasteiger partial charge < -0.3 is 20.1 Å². The van der Waals surface area contributed by atoms with Crippen molar-refractivity contribution in [3.63, 3.8) is 0 Å². The Morgan fingerprint density at radius 3 is 2.45 bits per heavy atom. The van der Waals surface area contributed by atoms with Gasteiger partial charge in [0.1, 0.15) is 0 Å². The number of methoxy groups -OCH3 is 2. The maximum Gasteiger partial charge on any atom is 0.276 e. The summed E-state index contributed by atoms with van der Waals surface area (Å²) in [6.45, 7) is 5.96. The molecule has 8 nitrogen and oxygen atoms in total. The second kappa shape index (κ2) is 8.64. The molecule has 3 rings (SSSR count). The van der Waals surface area contributed by atoms with E-state index in [-0.39, 0.29) is 17.6 Å². The van der Waals surface area contributed by atoms with Crippen molar-refractivity contribution in [2.24, 2.45) is 0 Å². The van der Waals surface area contributed by atoms with E-state index >= 15 is 0 Å². The number of hydrogen-bond donors (Lipinski definition) is 3.